The van der Waals surface area contributed by atoms with E-state index in [1.807, 2.05) is 42.9 Å². The molecule has 1 aliphatic carbocycles. The van der Waals surface area contributed by atoms with Crippen LogP contribution < -0.4 is 0 Å². The molecule has 1 fully saturated rings. The molecule has 0 saturated heterocycles. The molecule has 1 aliphatic rings. The summed E-state index contributed by atoms with van der Waals surface area (Å²) in [5.74, 6) is 0.321. The number of aromatic nitrogens is 2. The van der Waals surface area contributed by atoms with E-state index in [2.05, 4.69) is 17.2 Å². The number of aryl methyl sites for hydroxylation is 2. The lowest BCUT2D eigenvalue weighted by Gasteiger charge is -2.14. The normalized spacial score (nSPS) is 16.3. The lowest BCUT2D eigenvalue weighted by Crippen LogP contribution is -2.23. The first kappa shape index (κ1) is 12.2. The van der Waals surface area contributed by atoms with Crippen LogP contribution in [0.1, 0.15) is 29.8 Å². The van der Waals surface area contributed by atoms with Crippen molar-refractivity contribution in [3.05, 3.63) is 53.3 Å². The van der Waals surface area contributed by atoms with Gasteiger partial charge >= 0.3 is 0 Å². The summed E-state index contributed by atoms with van der Waals surface area (Å²) in [4.78, 5) is 12.6. The second-order valence-electron chi connectivity index (χ2n) is 5.45. The molecule has 0 amide bonds. The van der Waals surface area contributed by atoms with Crippen LogP contribution in [-0.2, 0) is 23.7 Å². The fraction of sp³-hybridized carbons (Fsp3) is 0.375. The Bertz CT molecular complexity index is 609. The molecule has 0 N–H and O–H groups in total. The minimum Gasteiger partial charge on any atom is -0.298 e. The van der Waals surface area contributed by atoms with Gasteiger partial charge in [-0.05, 0) is 31.4 Å². The van der Waals surface area contributed by atoms with Crippen molar-refractivity contribution in [3.63, 3.8) is 0 Å². The maximum Gasteiger partial charge on any atom is 0.149 e. The Morgan fingerprint density at radius 1 is 1.32 bits per heavy atom. The molecule has 1 aromatic heterocycles. The topological polar surface area (TPSA) is 34.9 Å². The van der Waals surface area contributed by atoms with Crippen molar-refractivity contribution in [3.8, 4) is 0 Å². The third-order valence-corrected chi connectivity index (χ3v) is 4.05. The Hall–Kier alpha value is -1.90. The lowest BCUT2D eigenvalue weighted by molar-refractivity contribution is -0.120. The highest BCUT2D eigenvalue weighted by molar-refractivity contribution is 5.94. The van der Waals surface area contributed by atoms with Gasteiger partial charge in [0.1, 0.15) is 5.78 Å². The molecule has 3 rings (SSSR count). The highest BCUT2D eigenvalue weighted by Crippen LogP contribution is 2.49. The predicted octanol–water partition coefficient (Wildman–Crippen LogP) is 2.57. The first-order valence-corrected chi connectivity index (χ1v) is 6.70. The van der Waals surface area contributed by atoms with Gasteiger partial charge in [-0.25, -0.2) is 0 Å². The van der Waals surface area contributed by atoms with Crippen LogP contribution in [0.2, 0.25) is 0 Å². The van der Waals surface area contributed by atoms with Gasteiger partial charge in [-0.1, -0.05) is 30.3 Å². The summed E-state index contributed by atoms with van der Waals surface area (Å²) >= 11 is 0. The monoisotopic (exact) mass is 254 g/mol. The van der Waals surface area contributed by atoms with Crippen LogP contribution in [0.15, 0.2) is 36.4 Å². The van der Waals surface area contributed by atoms with Crippen LogP contribution in [0.3, 0.4) is 0 Å². The van der Waals surface area contributed by atoms with E-state index in [-0.39, 0.29) is 5.41 Å². The standard InChI is InChI=1S/C16H18N2O/c1-12-10-14(18(2)17-12)11-15(19)16(8-9-16)13-6-4-3-5-7-13/h3-7,10H,8-9,11H2,1-2H3. The molecular formula is C16H18N2O. The zero-order chi connectivity index (χ0) is 13.5. The number of Topliss-reactive ketones (excluding diaryl/α,β-unsaturated/α-hetero) is 1. The van der Waals surface area contributed by atoms with Crippen LogP contribution in [0.25, 0.3) is 0 Å². The minimum absolute atomic E-state index is 0.223. The summed E-state index contributed by atoms with van der Waals surface area (Å²) in [5.41, 5.74) is 2.91. The number of ketones is 1. The van der Waals surface area contributed by atoms with Crippen molar-refractivity contribution < 1.29 is 4.79 Å². The molecule has 2 aromatic rings. The maximum absolute atomic E-state index is 12.6. The SMILES string of the molecule is Cc1cc(CC(=O)C2(c3ccccc3)CC2)n(C)n1. The van der Waals surface area contributed by atoms with E-state index >= 15 is 0 Å². The van der Waals surface area contributed by atoms with Gasteiger partial charge in [0.2, 0.25) is 0 Å². The van der Waals surface area contributed by atoms with Crippen LogP contribution in [0.4, 0.5) is 0 Å². The molecule has 1 saturated carbocycles. The van der Waals surface area contributed by atoms with Gasteiger partial charge < -0.3 is 0 Å². The van der Waals surface area contributed by atoms with E-state index < -0.39 is 0 Å². The van der Waals surface area contributed by atoms with E-state index in [9.17, 15) is 4.79 Å². The molecule has 19 heavy (non-hydrogen) atoms. The average molecular weight is 254 g/mol. The van der Waals surface area contributed by atoms with E-state index in [0.29, 0.717) is 12.2 Å². The van der Waals surface area contributed by atoms with Gasteiger partial charge in [-0.2, -0.15) is 5.10 Å². The van der Waals surface area contributed by atoms with E-state index in [0.717, 1.165) is 24.2 Å². The first-order valence-electron chi connectivity index (χ1n) is 6.70. The number of benzene rings is 1. The summed E-state index contributed by atoms with van der Waals surface area (Å²) in [6.07, 6.45) is 2.44. The van der Waals surface area contributed by atoms with Gasteiger partial charge in [0, 0.05) is 19.2 Å². The zero-order valence-corrected chi connectivity index (χ0v) is 11.4. The molecule has 3 nitrogen and oxygen atoms in total. The summed E-state index contributed by atoms with van der Waals surface area (Å²) in [6.45, 7) is 1.96. The molecule has 0 spiro atoms. The number of nitrogens with zero attached hydrogens (tertiary/aromatic N) is 2. The third-order valence-electron chi connectivity index (χ3n) is 4.05. The lowest BCUT2D eigenvalue weighted by atomic mass is 9.89. The second kappa shape index (κ2) is 4.34. The Kier molecular flexibility index (Phi) is 2.77. The minimum atomic E-state index is -0.223. The average Bonchev–Trinajstić information content (AvgIpc) is 3.14. The molecule has 0 bridgehead atoms. The number of hydrogen-bond acceptors (Lipinski definition) is 2. The zero-order valence-electron chi connectivity index (χ0n) is 11.4. The number of carbonyl (C=O) groups is 1. The van der Waals surface area contributed by atoms with Gasteiger partial charge in [-0.3, -0.25) is 9.48 Å². The van der Waals surface area contributed by atoms with E-state index in [1.165, 1.54) is 5.56 Å². The van der Waals surface area contributed by atoms with E-state index in [4.69, 9.17) is 0 Å². The number of hydrogen-bond donors (Lipinski definition) is 0. The molecule has 0 unspecified atom stereocenters. The summed E-state index contributed by atoms with van der Waals surface area (Å²) in [7, 11) is 1.90. The largest absolute Gasteiger partial charge is 0.298 e. The Balaban J connectivity index is 1.83. The van der Waals surface area contributed by atoms with Crippen molar-refractivity contribution in [2.24, 2.45) is 7.05 Å². The molecule has 3 heteroatoms. The molecular weight excluding hydrogens is 236 g/mol. The highest BCUT2D eigenvalue weighted by Gasteiger charge is 2.50. The predicted molar refractivity (Wildman–Crippen MR) is 74.0 cm³/mol. The number of carbonyl (C=O) groups excluding carboxylic acids is 1. The van der Waals surface area contributed by atoms with E-state index in [1.54, 1.807) is 0 Å². The summed E-state index contributed by atoms with van der Waals surface area (Å²) in [6, 6.07) is 12.2. The fourth-order valence-electron chi connectivity index (χ4n) is 2.77. The molecule has 0 radical (unpaired) electrons. The maximum atomic E-state index is 12.6. The molecule has 98 valence electrons. The Morgan fingerprint density at radius 3 is 2.53 bits per heavy atom. The van der Waals surface area contributed by atoms with Crippen molar-refractivity contribution in [1.82, 2.24) is 9.78 Å². The molecule has 1 heterocycles. The van der Waals surface area contributed by atoms with Crippen molar-refractivity contribution >= 4 is 5.78 Å². The summed E-state index contributed by atoms with van der Waals surface area (Å²) in [5, 5.41) is 4.30. The van der Waals surface area contributed by atoms with Crippen LogP contribution in [-0.4, -0.2) is 15.6 Å². The van der Waals surface area contributed by atoms with Gasteiger partial charge in [0.25, 0.3) is 0 Å². The van der Waals surface area contributed by atoms with Crippen LogP contribution >= 0.6 is 0 Å². The van der Waals surface area contributed by atoms with Crippen LogP contribution in [0.5, 0.6) is 0 Å². The van der Waals surface area contributed by atoms with Crippen molar-refractivity contribution in [1.29, 1.82) is 0 Å². The third kappa shape index (κ3) is 2.09. The van der Waals surface area contributed by atoms with Crippen molar-refractivity contribution in [2.45, 2.75) is 31.6 Å². The fourth-order valence-corrected chi connectivity index (χ4v) is 2.77. The quantitative estimate of drug-likeness (QED) is 0.840. The smallest absolute Gasteiger partial charge is 0.149 e. The highest BCUT2D eigenvalue weighted by atomic mass is 16.1. The molecule has 1 aromatic carbocycles. The van der Waals surface area contributed by atoms with Crippen LogP contribution in [0, 0.1) is 6.92 Å². The van der Waals surface area contributed by atoms with Gasteiger partial charge in [-0.15, -0.1) is 0 Å². The Labute approximate surface area is 113 Å². The van der Waals surface area contributed by atoms with Gasteiger partial charge in [0.15, 0.2) is 0 Å². The second-order valence-corrected chi connectivity index (χ2v) is 5.45. The molecule has 0 aliphatic heterocycles. The summed E-state index contributed by atoms with van der Waals surface area (Å²) < 4.78 is 1.81. The Morgan fingerprint density at radius 2 is 2.00 bits per heavy atom. The first-order chi connectivity index (χ1) is 9.12. The molecule has 0 atom stereocenters. The van der Waals surface area contributed by atoms with Crippen molar-refractivity contribution in [2.75, 3.05) is 0 Å². The number of rotatable bonds is 4. The van der Waals surface area contributed by atoms with Gasteiger partial charge in [0.05, 0.1) is 11.1 Å².